The van der Waals surface area contributed by atoms with Gasteiger partial charge in [-0.2, -0.15) is 0 Å². The molecule has 1 aliphatic rings. The Labute approximate surface area is 151 Å². The van der Waals surface area contributed by atoms with Crippen molar-refractivity contribution in [1.29, 1.82) is 0 Å². The van der Waals surface area contributed by atoms with E-state index >= 15 is 0 Å². The van der Waals surface area contributed by atoms with Crippen molar-refractivity contribution in [1.82, 2.24) is 9.55 Å². The quantitative estimate of drug-likeness (QED) is 0.705. The highest BCUT2D eigenvalue weighted by molar-refractivity contribution is 7.17. The maximum atomic E-state index is 12.4. The van der Waals surface area contributed by atoms with Crippen LogP contribution in [0.2, 0.25) is 0 Å². The Balaban J connectivity index is 1.61. The van der Waals surface area contributed by atoms with Crippen LogP contribution in [0.15, 0.2) is 34.7 Å². The van der Waals surface area contributed by atoms with Crippen molar-refractivity contribution in [2.24, 2.45) is 0 Å². The minimum atomic E-state index is -0.453. The Morgan fingerprint density at radius 1 is 1.31 bits per heavy atom. The number of rotatable bonds is 4. The lowest BCUT2D eigenvalue weighted by molar-refractivity contribution is -0.116. The van der Waals surface area contributed by atoms with Gasteiger partial charge in [-0.05, 0) is 24.4 Å². The van der Waals surface area contributed by atoms with Gasteiger partial charge in [0.15, 0.2) is 17.3 Å². The molecule has 8 nitrogen and oxygen atoms in total. The fourth-order valence-electron chi connectivity index (χ4n) is 2.67. The van der Waals surface area contributed by atoms with Gasteiger partial charge in [-0.3, -0.25) is 19.0 Å². The lowest BCUT2D eigenvalue weighted by atomic mass is 10.1. The molecule has 0 spiro atoms. The van der Waals surface area contributed by atoms with Crippen LogP contribution in [-0.2, 0) is 11.3 Å². The summed E-state index contributed by atoms with van der Waals surface area (Å²) in [6.45, 7) is 1.24. The number of aromatic nitrogens is 2. The van der Waals surface area contributed by atoms with Gasteiger partial charge in [0.25, 0.3) is 5.56 Å². The van der Waals surface area contributed by atoms with E-state index in [1.165, 1.54) is 35.2 Å². The number of ether oxygens (including phenoxy) is 2. The number of amides is 1. The Kier molecular flexibility index (Phi) is 3.92. The summed E-state index contributed by atoms with van der Waals surface area (Å²) < 4.78 is 12.3. The third-order valence-corrected chi connectivity index (χ3v) is 4.81. The third-order valence-electron chi connectivity index (χ3n) is 3.92. The summed E-state index contributed by atoms with van der Waals surface area (Å²) in [5.41, 5.74) is 0.940. The van der Waals surface area contributed by atoms with E-state index in [-0.39, 0.29) is 24.7 Å². The monoisotopic (exact) mass is 371 g/mol. The molecular weight excluding hydrogens is 358 g/mol. The largest absolute Gasteiger partial charge is 0.454 e. The lowest BCUT2D eigenvalue weighted by Crippen LogP contribution is -2.27. The molecule has 0 atom stereocenters. The molecular formula is C17H13N3O5S. The molecule has 1 N–H and O–H groups in total. The van der Waals surface area contributed by atoms with Crippen LogP contribution in [-0.4, -0.2) is 28.0 Å². The van der Waals surface area contributed by atoms with E-state index in [0.29, 0.717) is 33.0 Å². The summed E-state index contributed by atoms with van der Waals surface area (Å²) in [6.07, 6.45) is 1.34. The molecule has 0 saturated heterocycles. The Morgan fingerprint density at radius 2 is 2.08 bits per heavy atom. The maximum Gasteiger partial charge on any atom is 0.271 e. The van der Waals surface area contributed by atoms with Crippen LogP contribution in [0.3, 0.4) is 0 Å². The average Bonchev–Trinajstić information content (AvgIpc) is 3.25. The minimum Gasteiger partial charge on any atom is -0.454 e. The Bertz CT molecular complexity index is 1100. The number of ketones is 1. The zero-order valence-corrected chi connectivity index (χ0v) is 14.5. The number of fused-ring (bicyclic) bond motifs is 2. The molecule has 0 saturated carbocycles. The molecule has 1 aliphatic heterocycles. The second-order valence-corrected chi connectivity index (χ2v) is 6.58. The Hall–Kier alpha value is -3.20. The number of carbonyl (C=O) groups is 2. The number of nitrogens with one attached hydrogen (secondary N) is 1. The van der Waals surface area contributed by atoms with Gasteiger partial charge in [-0.25, -0.2) is 4.98 Å². The highest BCUT2D eigenvalue weighted by atomic mass is 32.1. The van der Waals surface area contributed by atoms with Crippen molar-refractivity contribution in [3.05, 3.63) is 45.8 Å². The number of hydrogen-bond donors (Lipinski definition) is 1. The predicted octanol–water partition coefficient (Wildman–Crippen LogP) is 2.03. The standard InChI is InChI=1S/C17H13N3O5S/c1-9(21)10-4-13-14(25-8-24-13)5-12(10)19-15(22)6-20-7-18-11-2-3-26-16(11)17(20)23/h2-5,7H,6,8H2,1H3,(H,19,22). The number of benzene rings is 1. The van der Waals surface area contributed by atoms with Crippen LogP contribution in [0, 0.1) is 0 Å². The summed E-state index contributed by atoms with van der Waals surface area (Å²) in [5.74, 6) is 0.226. The first kappa shape index (κ1) is 16.3. The molecule has 1 aromatic carbocycles. The first-order chi connectivity index (χ1) is 12.5. The molecule has 0 bridgehead atoms. The smallest absolute Gasteiger partial charge is 0.271 e. The third kappa shape index (κ3) is 2.82. The van der Waals surface area contributed by atoms with Crippen LogP contribution in [0.5, 0.6) is 11.5 Å². The lowest BCUT2D eigenvalue weighted by Gasteiger charge is -2.11. The highest BCUT2D eigenvalue weighted by Crippen LogP contribution is 2.37. The minimum absolute atomic E-state index is 0.0615. The average molecular weight is 371 g/mol. The fraction of sp³-hybridized carbons (Fsp3) is 0.176. The van der Waals surface area contributed by atoms with Crippen molar-refractivity contribution in [2.75, 3.05) is 12.1 Å². The first-order valence-electron chi connectivity index (χ1n) is 7.70. The van der Waals surface area contributed by atoms with Gasteiger partial charge in [-0.1, -0.05) is 0 Å². The van der Waals surface area contributed by atoms with Crippen molar-refractivity contribution >= 4 is 38.9 Å². The van der Waals surface area contributed by atoms with Crippen LogP contribution < -0.4 is 20.3 Å². The molecule has 0 radical (unpaired) electrons. The van der Waals surface area contributed by atoms with Gasteiger partial charge in [0.05, 0.1) is 17.5 Å². The van der Waals surface area contributed by atoms with E-state index in [1.807, 2.05) is 0 Å². The van der Waals surface area contributed by atoms with Crippen LogP contribution in [0.1, 0.15) is 17.3 Å². The zero-order chi connectivity index (χ0) is 18.3. The van der Waals surface area contributed by atoms with Crippen LogP contribution in [0.25, 0.3) is 10.2 Å². The molecule has 9 heteroatoms. The van der Waals surface area contributed by atoms with Gasteiger partial charge in [-0.15, -0.1) is 11.3 Å². The summed E-state index contributed by atoms with van der Waals surface area (Å²) in [5, 5.41) is 4.43. The van der Waals surface area contributed by atoms with Crippen molar-refractivity contribution in [3.63, 3.8) is 0 Å². The highest BCUT2D eigenvalue weighted by Gasteiger charge is 2.20. The first-order valence-corrected chi connectivity index (χ1v) is 8.58. The number of Topliss-reactive ketones (excluding diaryl/α,β-unsaturated/α-hetero) is 1. The molecule has 2 aromatic heterocycles. The van der Waals surface area contributed by atoms with Gasteiger partial charge < -0.3 is 14.8 Å². The van der Waals surface area contributed by atoms with Gasteiger partial charge in [0.1, 0.15) is 11.2 Å². The van der Waals surface area contributed by atoms with E-state index < -0.39 is 5.91 Å². The zero-order valence-electron chi connectivity index (χ0n) is 13.6. The number of anilines is 1. The SMILES string of the molecule is CC(=O)c1cc2c(cc1NC(=O)Cn1cnc3ccsc3c1=O)OCO2. The molecule has 0 aliphatic carbocycles. The number of carbonyl (C=O) groups excluding carboxylic acids is 2. The number of thiophene rings is 1. The predicted molar refractivity (Wildman–Crippen MR) is 95.1 cm³/mol. The molecule has 4 rings (SSSR count). The van der Waals surface area contributed by atoms with E-state index in [4.69, 9.17) is 9.47 Å². The van der Waals surface area contributed by atoms with E-state index in [0.717, 1.165) is 0 Å². The Morgan fingerprint density at radius 3 is 2.85 bits per heavy atom. The maximum absolute atomic E-state index is 12.4. The van der Waals surface area contributed by atoms with Crippen molar-refractivity contribution in [2.45, 2.75) is 13.5 Å². The topological polar surface area (TPSA) is 99.5 Å². The summed E-state index contributed by atoms with van der Waals surface area (Å²) in [7, 11) is 0. The molecule has 3 heterocycles. The number of hydrogen-bond acceptors (Lipinski definition) is 7. The molecule has 132 valence electrons. The second kappa shape index (κ2) is 6.26. The van der Waals surface area contributed by atoms with Crippen molar-refractivity contribution in [3.8, 4) is 11.5 Å². The van der Waals surface area contributed by atoms with Gasteiger partial charge in [0.2, 0.25) is 12.7 Å². The fourth-order valence-corrected chi connectivity index (χ4v) is 3.47. The molecule has 26 heavy (non-hydrogen) atoms. The molecule has 0 fully saturated rings. The van der Waals surface area contributed by atoms with Gasteiger partial charge >= 0.3 is 0 Å². The number of nitrogens with zero attached hydrogens (tertiary/aromatic N) is 2. The van der Waals surface area contributed by atoms with E-state index in [9.17, 15) is 14.4 Å². The van der Waals surface area contributed by atoms with Crippen molar-refractivity contribution < 1.29 is 19.1 Å². The second-order valence-electron chi connectivity index (χ2n) is 5.67. The molecule has 0 unspecified atom stereocenters. The molecule has 3 aromatic rings. The summed E-state index contributed by atoms with van der Waals surface area (Å²) in [4.78, 5) is 40.8. The van der Waals surface area contributed by atoms with Crippen LogP contribution in [0.4, 0.5) is 5.69 Å². The van der Waals surface area contributed by atoms with E-state index in [1.54, 1.807) is 17.5 Å². The van der Waals surface area contributed by atoms with Gasteiger partial charge in [0, 0.05) is 11.6 Å². The van der Waals surface area contributed by atoms with E-state index in [2.05, 4.69) is 10.3 Å². The molecule has 1 amide bonds. The van der Waals surface area contributed by atoms with Crippen LogP contribution >= 0.6 is 11.3 Å². The normalized spacial score (nSPS) is 12.3. The summed E-state index contributed by atoms with van der Waals surface area (Å²) >= 11 is 1.28. The summed E-state index contributed by atoms with van der Waals surface area (Å²) in [6, 6.07) is 4.82.